The molecule has 0 radical (unpaired) electrons. The van der Waals surface area contributed by atoms with E-state index in [1.165, 1.54) is 4.90 Å². The van der Waals surface area contributed by atoms with Crippen LogP contribution in [0.2, 0.25) is 0 Å². The first-order chi connectivity index (χ1) is 13.8. The summed E-state index contributed by atoms with van der Waals surface area (Å²) < 4.78 is 5.56. The number of nitrogens with zero attached hydrogens (tertiary/aromatic N) is 2. The van der Waals surface area contributed by atoms with Gasteiger partial charge in [-0.15, -0.1) is 0 Å². The maximum absolute atomic E-state index is 12.4. The molecule has 0 saturated heterocycles. The Morgan fingerprint density at radius 2 is 1.72 bits per heavy atom. The number of fused-ring (bicyclic) bond motifs is 1. The van der Waals surface area contributed by atoms with E-state index in [1.54, 1.807) is 31.4 Å². The van der Waals surface area contributed by atoms with Gasteiger partial charge in [-0.25, -0.2) is 0 Å². The molecule has 0 fully saturated rings. The fraction of sp³-hybridized carbons (Fsp3) is 0.591. The number of hydrogen-bond donors (Lipinski definition) is 2. The lowest BCUT2D eigenvalue weighted by Gasteiger charge is -2.28. The molecule has 0 bridgehead atoms. The summed E-state index contributed by atoms with van der Waals surface area (Å²) in [4.78, 5) is 30.7. The summed E-state index contributed by atoms with van der Waals surface area (Å²) >= 11 is 0. The van der Waals surface area contributed by atoms with Crippen LogP contribution in [0.25, 0.3) is 0 Å². The Bertz CT molecular complexity index is 705. The molecule has 1 unspecified atom stereocenters. The number of ether oxygens (including phenoxy) is 1. The largest absolute Gasteiger partial charge is 0.379 e. The molecule has 2 rings (SSSR count). The zero-order chi connectivity index (χ0) is 21.4. The molecule has 2 N–H and O–H groups in total. The summed E-state index contributed by atoms with van der Waals surface area (Å²) in [5.41, 5.74) is 1.02. The number of aliphatic imine (C=N–C) groups is 1. The lowest BCUT2D eigenvalue weighted by atomic mass is 9.89. The number of unbranched alkanes of at least 4 members (excludes halogenated alkanes) is 1. The predicted molar refractivity (Wildman–Crippen MR) is 115 cm³/mol. The molecule has 7 nitrogen and oxygen atoms in total. The quantitative estimate of drug-likeness (QED) is 0.287. The first-order valence-corrected chi connectivity index (χ1v) is 10.3. The molecular weight excluding hydrogens is 368 g/mol. The molecule has 160 valence electrons. The van der Waals surface area contributed by atoms with Gasteiger partial charge in [0, 0.05) is 26.7 Å². The van der Waals surface area contributed by atoms with Crippen LogP contribution in [-0.2, 0) is 4.74 Å². The fourth-order valence-corrected chi connectivity index (χ4v) is 3.26. The third-order valence-corrected chi connectivity index (χ3v) is 4.99. The van der Waals surface area contributed by atoms with Crippen molar-refractivity contribution in [3.63, 3.8) is 0 Å². The summed E-state index contributed by atoms with van der Waals surface area (Å²) in [6.45, 7) is 10.9. The summed E-state index contributed by atoms with van der Waals surface area (Å²) in [6, 6.07) is 6.99. The van der Waals surface area contributed by atoms with Crippen LogP contribution in [0, 0.1) is 5.41 Å². The molecule has 0 saturated carbocycles. The van der Waals surface area contributed by atoms with Gasteiger partial charge < -0.3 is 15.4 Å². The van der Waals surface area contributed by atoms with E-state index in [9.17, 15) is 9.59 Å². The highest BCUT2D eigenvalue weighted by atomic mass is 16.5. The van der Waals surface area contributed by atoms with E-state index >= 15 is 0 Å². The second-order valence-electron chi connectivity index (χ2n) is 8.25. The van der Waals surface area contributed by atoms with Gasteiger partial charge in [0.2, 0.25) is 0 Å². The average Bonchev–Trinajstić information content (AvgIpc) is 2.92. The predicted octanol–water partition coefficient (Wildman–Crippen LogP) is 2.68. The minimum atomic E-state index is -0.193. The Balaban J connectivity index is 1.79. The van der Waals surface area contributed by atoms with Crippen LogP contribution in [0.15, 0.2) is 29.3 Å². The van der Waals surface area contributed by atoms with Gasteiger partial charge in [0.25, 0.3) is 11.8 Å². The summed E-state index contributed by atoms with van der Waals surface area (Å²) in [7, 11) is 1.71. The zero-order valence-corrected chi connectivity index (χ0v) is 18.2. The highest BCUT2D eigenvalue weighted by Gasteiger charge is 2.34. The van der Waals surface area contributed by atoms with E-state index in [4.69, 9.17) is 4.74 Å². The zero-order valence-electron chi connectivity index (χ0n) is 18.2. The first kappa shape index (κ1) is 22.9. The van der Waals surface area contributed by atoms with Gasteiger partial charge in [-0.2, -0.15) is 0 Å². The molecule has 1 heterocycles. The lowest BCUT2D eigenvalue weighted by molar-refractivity contribution is 0.0241. The Morgan fingerprint density at radius 3 is 2.24 bits per heavy atom. The van der Waals surface area contributed by atoms with E-state index in [2.05, 4.69) is 36.4 Å². The molecular formula is C22H34N4O3. The van der Waals surface area contributed by atoms with Gasteiger partial charge in [0.05, 0.1) is 23.8 Å². The van der Waals surface area contributed by atoms with Gasteiger partial charge in [0.15, 0.2) is 5.96 Å². The standard InChI is InChI=1S/C22H34N4O3/c1-6-23-21(25-15-18(29-5)22(2,3)4)24-13-9-10-14-26-19(27)16-11-7-8-12-17(16)20(26)28/h7-8,11-12,18H,6,9-10,13-15H2,1-5H3,(H2,23,24,25). The minimum Gasteiger partial charge on any atom is -0.379 e. The first-order valence-electron chi connectivity index (χ1n) is 10.3. The van der Waals surface area contributed by atoms with Crippen LogP contribution in [0.5, 0.6) is 0 Å². The third-order valence-electron chi connectivity index (χ3n) is 4.99. The highest BCUT2D eigenvalue weighted by molar-refractivity contribution is 6.21. The Hall–Kier alpha value is -2.41. The van der Waals surface area contributed by atoms with E-state index in [0.29, 0.717) is 30.8 Å². The maximum atomic E-state index is 12.4. The molecule has 7 heteroatoms. The van der Waals surface area contributed by atoms with Crippen LogP contribution < -0.4 is 10.6 Å². The van der Waals surface area contributed by atoms with Gasteiger partial charge >= 0.3 is 0 Å². The SMILES string of the molecule is CCNC(=NCC(OC)C(C)(C)C)NCCCCN1C(=O)c2ccccc2C1=O. The normalized spacial score (nSPS) is 15.5. The fourth-order valence-electron chi connectivity index (χ4n) is 3.26. The van der Waals surface area contributed by atoms with Crippen molar-refractivity contribution in [2.45, 2.75) is 46.6 Å². The lowest BCUT2D eigenvalue weighted by Crippen LogP contribution is -2.40. The summed E-state index contributed by atoms with van der Waals surface area (Å²) in [6.07, 6.45) is 1.59. The van der Waals surface area contributed by atoms with Crippen molar-refractivity contribution >= 4 is 17.8 Å². The molecule has 1 aromatic rings. The minimum absolute atomic E-state index is 0.0158. The van der Waals surface area contributed by atoms with E-state index in [1.807, 2.05) is 6.92 Å². The second kappa shape index (κ2) is 10.4. The van der Waals surface area contributed by atoms with Crippen LogP contribution in [0.3, 0.4) is 0 Å². The monoisotopic (exact) mass is 402 g/mol. The van der Waals surface area contributed by atoms with Crippen LogP contribution >= 0.6 is 0 Å². The second-order valence-corrected chi connectivity index (χ2v) is 8.25. The summed E-state index contributed by atoms with van der Waals surface area (Å²) in [5.74, 6) is 0.363. The number of nitrogens with one attached hydrogen (secondary N) is 2. The smallest absolute Gasteiger partial charge is 0.261 e. The number of carbonyl (C=O) groups excluding carboxylic acids is 2. The van der Waals surface area contributed by atoms with Crippen molar-refractivity contribution < 1.29 is 14.3 Å². The third kappa shape index (κ3) is 6.03. The van der Waals surface area contributed by atoms with Crippen LogP contribution in [-0.4, -0.2) is 62.1 Å². The van der Waals surface area contributed by atoms with Gasteiger partial charge in [-0.3, -0.25) is 19.5 Å². The van der Waals surface area contributed by atoms with E-state index in [0.717, 1.165) is 25.3 Å². The molecule has 0 aromatic heterocycles. The highest BCUT2D eigenvalue weighted by Crippen LogP contribution is 2.23. The Labute approximate surface area is 173 Å². The number of guanidine groups is 1. The molecule has 0 spiro atoms. The number of rotatable bonds is 9. The van der Waals surface area contributed by atoms with Crippen molar-refractivity contribution in [3.8, 4) is 0 Å². The number of benzene rings is 1. The van der Waals surface area contributed by atoms with Crippen LogP contribution in [0.4, 0.5) is 0 Å². The molecule has 1 aliphatic heterocycles. The van der Waals surface area contributed by atoms with Crippen molar-refractivity contribution in [1.29, 1.82) is 0 Å². The van der Waals surface area contributed by atoms with Gasteiger partial charge in [0.1, 0.15) is 0 Å². The molecule has 29 heavy (non-hydrogen) atoms. The number of imide groups is 1. The average molecular weight is 403 g/mol. The molecule has 1 aromatic carbocycles. The van der Waals surface area contributed by atoms with E-state index < -0.39 is 0 Å². The van der Waals surface area contributed by atoms with Gasteiger partial charge in [-0.05, 0) is 37.3 Å². The molecule has 1 atom stereocenters. The number of amides is 2. The Morgan fingerprint density at radius 1 is 1.10 bits per heavy atom. The molecule has 0 aliphatic carbocycles. The molecule has 1 aliphatic rings. The number of hydrogen-bond acceptors (Lipinski definition) is 4. The number of carbonyl (C=O) groups is 2. The summed E-state index contributed by atoms with van der Waals surface area (Å²) in [5, 5.41) is 6.55. The molecule has 2 amide bonds. The van der Waals surface area contributed by atoms with Crippen molar-refractivity contribution in [3.05, 3.63) is 35.4 Å². The van der Waals surface area contributed by atoms with Crippen molar-refractivity contribution in [1.82, 2.24) is 15.5 Å². The van der Waals surface area contributed by atoms with Crippen molar-refractivity contribution in [2.24, 2.45) is 10.4 Å². The Kier molecular flexibility index (Phi) is 8.20. The topological polar surface area (TPSA) is 83.0 Å². The van der Waals surface area contributed by atoms with Crippen LogP contribution in [0.1, 0.15) is 61.3 Å². The maximum Gasteiger partial charge on any atom is 0.261 e. The van der Waals surface area contributed by atoms with Crippen molar-refractivity contribution in [2.75, 3.05) is 33.3 Å². The van der Waals surface area contributed by atoms with E-state index in [-0.39, 0.29) is 23.3 Å². The number of methoxy groups -OCH3 is 1. The van der Waals surface area contributed by atoms with Gasteiger partial charge in [-0.1, -0.05) is 32.9 Å².